The minimum atomic E-state index is -2.90. The van der Waals surface area contributed by atoms with Gasteiger partial charge in [-0.3, -0.25) is 0 Å². The summed E-state index contributed by atoms with van der Waals surface area (Å²) in [4.78, 5) is 0. The Kier molecular flexibility index (Phi) is 2.97. The quantitative estimate of drug-likeness (QED) is 0.741. The Labute approximate surface area is 92.7 Å². The molecule has 84 valence electrons. The van der Waals surface area contributed by atoms with E-state index in [1.54, 1.807) is 0 Å². The van der Waals surface area contributed by atoms with Gasteiger partial charge in [0.25, 0.3) is 0 Å². The van der Waals surface area contributed by atoms with E-state index in [4.69, 9.17) is 16.0 Å². The molecule has 0 aliphatic carbocycles. The van der Waals surface area contributed by atoms with Gasteiger partial charge in [-0.25, -0.2) is 8.42 Å². The number of alkyl halides is 1. The summed E-state index contributed by atoms with van der Waals surface area (Å²) in [6, 6.07) is 0. The van der Waals surface area contributed by atoms with Crippen molar-refractivity contribution in [1.82, 2.24) is 10.2 Å². The summed E-state index contributed by atoms with van der Waals surface area (Å²) < 4.78 is 27.8. The molecule has 1 aromatic heterocycles. The largest absolute Gasteiger partial charge is 0.425 e. The number of aryl methyl sites for hydroxylation is 1. The zero-order chi connectivity index (χ0) is 10.9. The van der Waals surface area contributed by atoms with Crippen LogP contribution in [0.25, 0.3) is 0 Å². The summed E-state index contributed by atoms with van der Waals surface area (Å²) >= 11 is 5.53. The lowest BCUT2D eigenvalue weighted by molar-refractivity contribution is 0.429. The number of nitrogens with zero attached hydrogens (tertiary/aromatic N) is 2. The van der Waals surface area contributed by atoms with Crippen LogP contribution in [0.15, 0.2) is 4.42 Å². The Balaban J connectivity index is 2.10. The summed E-state index contributed by atoms with van der Waals surface area (Å²) in [6.45, 7) is 0. The maximum atomic E-state index is 11.2. The lowest BCUT2D eigenvalue weighted by Crippen LogP contribution is -2.03. The Bertz CT molecular complexity index is 442. The maximum absolute atomic E-state index is 11.2. The predicted molar refractivity (Wildman–Crippen MR) is 54.7 cm³/mol. The topological polar surface area (TPSA) is 73.1 Å². The van der Waals surface area contributed by atoms with E-state index in [1.807, 2.05) is 0 Å². The van der Waals surface area contributed by atoms with Crippen LogP contribution in [0.1, 0.15) is 24.1 Å². The number of hydrogen-bond acceptors (Lipinski definition) is 5. The van der Waals surface area contributed by atoms with Crippen LogP contribution in [-0.2, 0) is 16.3 Å². The van der Waals surface area contributed by atoms with Gasteiger partial charge in [0.15, 0.2) is 9.84 Å². The molecule has 5 nitrogen and oxygen atoms in total. The van der Waals surface area contributed by atoms with Gasteiger partial charge in [-0.1, -0.05) is 0 Å². The van der Waals surface area contributed by atoms with Crippen LogP contribution in [-0.4, -0.2) is 36.0 Å². The molecule has 1 aromatic rings. The van der Waals surface area contributed by atoms with Gasteiger partial charge >= 0.3 is 0 Å². The first-order chi connectivity index (χ1) is 7.11. The molecule has 2 heterocycles. The SMILES string of the molecule is O=S1(=O)CCC(c2nnc(CCCl)o2)C1. The van der Waals surface area contributed by atoms with Crippen LogP contribution in [0, 0.1) is 0 Å². The minimum Gasteiger partial charge on any atom is -0.425 e. The lowest BCUT2D eigenvalue weighted by Gasteiger charge is -1.98. The van der Waals surface area contributed by atoms with Crippen LogP contribution >= 0.6 is 11.6 Å². The molecule has 2 rings (SSSR count). The average Bonchev–Trinajstić information content (AvgIpc) is 2.73. The van der Waals surface area contributed by atoms with Crippen molar-refractivity contribution in [2.75, 3.05) is 17.4 Å². The van der Waals surface area contributed by atoms with E-state index >= 15 is 0 Å². The van der Waals surface area contributed by atoms with Crippen molar-refractivity contribution in [2.24, 2.45) is 0 Å². The molecule has 7 heteroatoms. The standard InChI is InChI=1S/C8H11ClN2O3S/c9-3-1-7-10-11-8(14-7)6-2-4-15(12,13)5-6/h6H,1-5H2. The molecule has 1 aliphatic heterocycles. The number of sulfone groups is 1. The summed E-state index contributed by atoms with van der Waals surface area (Å²) in [6.07, 6.45) is 1.10. The first-order valence-electron chi connectivity index (χ1n) is 4.69. The van der Waals surface area contributed by atoms with Crippen LogP contribution in [0.4, 0.5) is 0 Å². The Hall–Kier alpha value is -0.620. The number of hydrogen-bond donors (Lipinski definition) is 0. The van der Waals surface area contributed by atoms with Gasteiger partial charge in [-0.15, -0.1) is 21.8 Å². The van der Waals surface area contributed by atoms with Crippen molar-refractivity contribution in [3.63, 3.8) is 0 Å². The van der Waals surface area contributed by atoms with E-state index in [9.17, 15) is 8.42 Å². The molecule has 1 aliphatic rings. The van der Waals surface area contributed by atoms with Crippen LogP contribution < -0.4 is 0 Å². The second-order valence-corrected chi connectivity index (χ2v) is 6.18. The number of aromatic nitrogens is 2. The molecule has 15 heavy (non-hydrogen) atoms. The molecule has 0 saturated carbocycles. The summed E-state index contributed by atoms with van der Waals surface area (Å²) in [5.41, 5.74) is 0. The van der Waals surface area contributed by atoms with E-state index < -0.39 is 9.84 Å². The fourth-order valence-electron chi connectivity index (χ4n) is 1.60. The highest BCUT2D eigenvalue weighted by atomic mass is 35.5. The Morgan fingerprint density at radius 2 is 2.27 bits per heavy atom. The smallest absolute Gasteiger partial charge is 0.220 e. The maximum Gasteiger partial charge on any atom is 0.220 e. The lowest BCUT2D eigenvalue weighted by atomic mass is 10.1. The zero-order valence-electron chi connectivity index (χ0n) is 8.02. The van der Waals surface area contributed by atoms with Crippen molar-refractivity contribution in [1.29, 1.82) is 0 Å². The highest BCUT2D eigenvalue weighted by Gasteiger charge is 2.32. The van der Waals surface area contributed by atoms with Gasteiger partial charge in [-0.05, 0) is 6.42 Å². The van der Waals surface area contributed by atoms with E-state index in [-0.39, 0.29) is 17.4 Å². The molecule has 0 aromatic carbocycles. The third-order valence-corrected chi connectivity index (χ3v) is 4.33. The minimum absolute atomic E-state index is 0.121. The highest BCUT2D eigenvalue weighted by molar-refractivity contribution is 7.91. The van der Waals surface area contributed by atoms with Gasteiger partial charge in [0.05, 0.1) is 17.4 Å². The van der Waals surface area contributed by atoms with Gasteiger partial charge in [0, 0.05) is 12.3 Å². The molecule has 1 unspecified atom stereocenters. The summed E-state index contributed by atoms with van der Waals surface area (Å²) in [5, 5.41) is 7.64. The third kappa shape index (κ3) is 2.49. The van der Waals surface area contributed by atoms with Crippen LogP contribution in [0.5, 0.6) is 0 Å². The third-order valence-electron chi connectivity index (χ3n) is 2.37. The molecule has 1 atom stereocenters. The van der Waals surface area contributed by atoms with Crippen LogP contribution in [0.3, 0.4) is 0 Å². The first kappa shape index (κ1) is 10.9. The molecule has 1 saturated heterocycles. The van der Waals surface area contributed by atoms with Crippen molar-refractivity contribution in [2.45, 2.75) is 18.8 Å². The monoisotopic (exact) mass is 250 g/mol. The molecule has 0 radical (unpaired) electrons. The van der Waals surface area contributed by atoms with E-state index in [0.717, 1.165) is 0 Å². The van der Waals surface area contributed by atoms with Gasteiger partial charge in [-0.2, -0.15) is 0 Å². The number of halogens is 1. The predicted octanol–water partition coefficient (Wildman–Crippen LogP) is 0.753. The molecule has 0 spiro atoms. The molecular weight excluding hydrogens is 240 g/mol. The van der Waals surface area contributed by atoms with Gasteiger partial charge < -0.3 is 4.42 Å². The highest BCUT2D eigenvalue weighted by Crippen LogP contribution is 2.27. The molecular formula is C8H11ClN2O3S. The van der Waals surface area contributed by atoms with Gasteiger partial charge in [0.1, 0.15) is 0 Å². The molecule has 1 fully saturated rings. The average molecular weight is 251 g/mol. The first-order valence-corrected chi connectivity index (χ1v) is 7.05. The number of rotatable bonds is 3. The van der Waals surface area contributed by atoms with Crippen molar-refractivity contribution >= 4 is 21.4 Å². The normalized spacial score (nSPS) is 24.5. The zero-order valence-corrected chi connectivity index (χ0v) is 9.59. The van der Waals surface area contributed by atoms with Crippen molar-refractivity contribution in [3.05, 3.63) is 11.8 Å². The molecule has 0 amide bonds. The second kappa shape index (κ2) is 4.09. The van der Waals surface area contributed by atoms with Crippen molar-refractivity contribution < 1.29 is 12.8 Å². The van der Waals surface area contributed by atoms with E-state index in [1.165, 1.54) is 0 Å². The Morgan fingerprint density at radius 1 is 1.47 bits per heavy atom. The van der Waals surface area contributed by atoms with E-state index in [2.05, 4.69) is 10.2 Å². The fourth-order valence-corrected chi connectivity index (χ4v) is 3.50. The molecule has 0 bridgehead atoms. The second-order valence-electron chi connectivity index (χ2n) is 3.57. The molecule has 0 N–H and O–H groups in total. The Morgan fingerprint density at radius 3 is 2.87 bits per heavy atom. The van der Waals surface area contributed by atoms with Crippen LogP contribution in [0.2, 0.25) is 0 Å². The van der Waals surface area contributed by atoms with E-state index in [0.29, 0.717) is 30.5 Å². The van der Waals surface area contributed by atoms with Crippen molar-refractivity contribution in [3.8, 4) is 0 Å². The van der Waals surface area contributed by atoms with Gasteiger partial charge in [0.2, 0.25) is 11.8 Å². The summed E-state index contributed by atoms with van der Waals surface area (Å²) in [5.74, 6) is 1.53. The fraction of sp³-hybridized carbons (Fsp3) is 0.750. The summed E-state index contributed by atoms with van der Waals surface area (Å²) in [7, 11) is -2.90.